The molecule has 2 aromatic rings. The van der Waals surface area contributed by atoms with E-state index in [4.69, 9.17) is 0 Å². The zero-order valence-electron chi connectivity index (χ0n) is 18.2. The minimum Gasteiger partial charge on any atom is -0.348 e. The Kier molecular flexibility index (Phi) is 6.83. The van der Waals surface area contributed by atoms with E-state index in [2.05, 4.69) is 36.2 Å². The predicted molar refractivity (Wildman–Crippen MR) is 121 cm³/mol. The van der Waals surface area contributed by atoms with E-state index in [-0.39, 0.29) is 11.9 Å². The van der Waals surface area contributed by atoms with E-state index in [9.17, 15) is 13.2 Å². The highest BCUT2D eigenvalue weighted by Gasteiger charge is 2.32. The van der Waals surface area contributed by atoms with Gasteiger partial charge in [0, 0.05) is 24.7 Å². The standard InChI is InChI=1S/C23H31N3O3S/c1-5-25(6-2)16-19-9-7-18(8-10-19)15-24-23(27)20-11-12-22-21(14-20)13-17(3)26(22)30(4,28)29/h7-12,14,17H,5-6,13,15-16H2,1-4H3,(H,24,27)/t17-/m0/s1. The normalized spacial score (nSPS) is 16.0. The predicted octanol–water partition coefficient (Wildman–Crippen LogP) is 3.17. The monoisotopic (exact) mass is 429 g/mol. The first-order chi connectivity index (χ1) is 14.2. The maximum Gasteiger partial charge on any atom is 0.251 e. The molecule has 1 amide bonds. The van der Waals surface area contributed by atoms with Gasteiger partial charge in [0.2, 0.25) is 10.0 Å². The van der Waals surface area contributed by atoms with Gasteiger partial charge in [-0.3, -0.25) is 14.0 Å². The number of benzene rings is 2. The Balaban J connectivity index is 1.63. The van der Waals surface area contributed by atoms with Crippen LogP contribution >= 0.6 is 0 Å². The Morgan fingerprint density at radius 2 is 1.73 bits per heavy atom. The number of nitrogens with one attached hydrogen (secondary N) is 1. The lowest BCUT2D eigenvalue weighted by Crippen LogP contribution is -2.34. The molecule has 1 N–H and O–H groups in total. The van der Waals surface area contributed by atoms with E-state index in [0.29, 0.717) is 24.2 Å². The zero-order valence-corrected chi connectivity index (χ0v) is 19.0. The van der Waals surface area contributed by atoms with Crippen LogP contribution in [0.4, 0.5) is 5.69 Å². The van der Waals surface area contributed by atoms with E-state index in [1.807, 2.05) is 19.1 Å². The molecule has 1 aliphatic heterocycles. The van der Waals surface area contributed by atoms with Crippen LogP contribution in [0.25, 0.3) is 0 Å². The first kappa shape index (κ1) is 22.3. The minimum absolute atomic E-state index is 0.136. The lowest BCUT2D eigenvalue weighted by molar-refractivity contribution is 0.0951. The summed E-state index contributed by atoms with van der Waals surface area (Å²) in [5, 5.41) is 2.96. The molecule has 2 aromatic carbocycles. The van der Waals surface area contributed by atoms with Crippen molar-refractivity contribution in [3.8, 4) is 0 Å². The smallest absolute Gasteiger partial charge is 0.251 e. The van der Waals surface area contributed by atoms with Crippen LogP contribution in [0, 0.1) is 0 Å². The molecule has 0 saturated heterocycles. The Morgan fingerprint density at radius 3 is 2.33 bits per heavy atom. The molecule has 1 aliphatic rings. The molecule has 1 heterocycles. The molecule has 0 spiro atoms. The third-order valence-electron chi connectivity index (χ3n) is 5.63. The van der Waals surface area contributed by atoms with Crippen molar-refractivity contribution in [2.45, 2.75) is 46.3 Å². The van der Waals surface area contributed by atoms with Crippen molar-refractivity contribution in [1.82, 2.24) is 10.2 Å². The Labute approximate surface area is 179 Å². The van der Waals surface area contributed by atoms with Crippen LogP contribution in [0.1, 0.15) is 47.8 Å². The van der Waals surface area contributed by atoms with E-state index < -0.39 is 10.0 Å². The maximum atomic E-state index is 12.6. The molecule has 0 saturated carbocycles. The highest BCUT2D eigenvalue weighted by molar-refractivity contribution is 7.92. The van der Waals surface area contributed by atoms with Crippen LogP contribution in [0.5, 0.6) is 0 Å². The number of anilines is 1. The van der Waals surface area contributed by atoms with E-state index in [1.54, 1.807) is 18.2 Å². The molecule has 3 rings (SSSR count). The van der Waals surface area contributed by atoms with Crippen LogP contribution in [-0.4, -0.2) is 44.6 Å². The quantitative estimate of drug-likeness (QED) is 0.700. The third-order valence-corrected chi connectivity index (χ3v) is 6.90. The van der Waals surface area contributed by atoms with Crippen molar-refractivity contribution in [2.24, 2.45) is 0 Å². The van der Waals surface area contributed by atoms with E-state index >= 15 is 0 Å². The van der Waals surface area contributed by atoms with E-state index in [0.717, 1.165) is 30.8 Å². The zero-order chi connectivity index (χ0) is 21.9. The molecule has 7 heteroatoms. The number of rotatable bonds is 8. The molecule has 6 nitrogen and oxygen atoms in total. The van der Waals surface area contributed by atoms with Gasteiger partial charge in [-0.05, 0) is 61.3 Å². The van der Waals surface area contributed by atoms with Gasteiger partial charge in [-0.15, -0.1) is 0 Å². The lowest BCUT2D eigenvalue weighted by atomic mass is 10.1. The van der Waals surface area contributed by atoms with Crippen molar-refractivity contribution in [3.05, 3.63) is 64.7 Å². The summed E-state index contributed by atoms with van der Waals surface area (Å²) in [4.78, 5) is 15.0. The van der Waals surface area contributed by atoms with Gasteiger partial charge >= 0.3 is 0 Å². The highest BCUT2D eigenvalue weighted by Crippen LogP contribution is 2.34. The SMILES string of the molecule is CCN(CC)Cc1ccc(CNC(=O)c2ccc3c(c2)C[C@H](C)N3S(C)(=O)=O)cc1. The molecule has 0 aliphatic carbocycles. The summed E-state index contributed by atoms with van der Waals surface area (Å²) >= 11 is 0. The number of carbonyl (C=O) groups excluding carboxylic acids is 1. The molecule has 1 atom stereocenters. The molecule has 162 valence electrons. The van der Waals surface area contributed by atoms with Gasteiger partial charge in [-0.1, -0.05) is 38.1 Å². The molecule has 0 aromatic heterocycles. The fourth-order valence-electron chi connectivity index (χ4n) is 4.00. The Bertz CT molecular complexity index is 999. The number of carbonyl (C=O) groups is 1. The van der Waals surface area contributed by atoms with Gasteiger partial charge in [0.05, 0.1) is 11.9 Å². The number of hydrogen-bond acceptors (Lipinski definition) is 4. The first-order valence-electron chi connectivity index (χ1n) is 10.4. The van der Waals surface area contributed by atoms with Gasteiger partial charge in [0.15, 0.2) is 0 Å². The van der Waals surface area contributed by atoms with Gasteiger partial charge in [0.25, 0.3) is 5.91 Å². The topological polar surface area (TPSA) is 69.7 Å². The van der Waals surface area contributed by atoms with Crippen molar-refractivity contribution in [2.75, 3.05) is 23.7 Å². The molecular weight excluding hydrogens is 398 g/mol. The molecule has 0 fully saturated rings. The average molecular weight is 430 g/mol. The first-order valence-corrected chi connectivity index (χ1v) is 12.3. The largest absolute Gasteiger partial charge is 0.348 e. The number of fused-ring (bicyclic) bond motifs is 1. The van der Waals surface area contributed by atoms with Gasteiger partial charge in [0.1, 0.15) is 0 Å². The van der Waals surface area contributed by atoms with Crippen molar-refractivity contribution < 1.29 is 13.2 Å². The summed E-state index contributed by atoms with van der Waals surface area (Å²) in [7, 11) is -3.33. The molecule has 0 radical (unpaired) electrons. The summed E-state index contributed by atoms with van der Waals surface area (Å²) in [5.41, 5.74) is 4.42. The molecule has 0 bridgehead atoms. The fraction of sp³-hybridized carbons (Fsp3) is 0.435. The fourth-order valence-corrected chi connectivity index (χ4v) is 5.27. The average Bonchev–Trinajstić information content (AvgIpc) is 3.06. The van der Waals surface area contributed by atoms with Crippen LogP contribution in [0.15, 0.2) is 42.5 Å². The van der Waals surface area contributed by atoms with Crippen LogP contribution < -0.4 is 9.62 Å². The van der Waals surface area contributed by atoms with Crippen LogP contribution in [0.3, 0.4) is 0 Å². The molecule has 30 heavy (non-hydrogen) atoms. The van der Waals surface area contributed by atoms with Crippen LogP contribution in [0.2, 0.25) is 0 Å². The van der Waals surface area contributed by atoms with Gasteiger partial charge in [-0.25, -0.2) is 8.42 Å². The van der Waals surface area contributed by atoms with Gasteiger partial charge in [-0.2, -0.15) is 0 Å². The number of sulfonamides is 1. The summed E-state index contributed by atoms with van der Waals surface area (Å²) in [5.74, 6) is -0.157. The number of nitrogens with zero attached hydrogens (tertiary/aromatic N) is 2. The third kappa shape index (κ3) is 5.02. The molecule has 0 unspecified atom stereocenters. The Morgan fingerprint density at radius 1 is 1.10 bits per heavy atom. The Hall–Kier alpha value is -2.38. The van der Waals surface area contributed by atoms with Crippen molar-refractivity contribution in [1.29, 1.82) is 0 Å². The molecular formula is C23H31N3O3S. The maximum absolute atomic E-state index is 12.6. The van der Waals surface area contributed by atoms with Crippen molar-refractivity contribution in [3.63, 3.8) is 0 Å². The van der Waals surface area contributed by atoms with Gasteiger partial charge < -0.3 is 5.32 Å². The second-order valence-corrected chi connectivity index (χ2v) is 9.78. The van der Waals surface area contributed by atoms with Crippen molar-refractivity contribution >= 4 is 21.6 Å². The summed E-state index contributed by atoms with van der Waals surface area (Å²) < 4.78 is 25.5. The lowest BCUT2D eigenvalue weighted by Gasteiger charge is -2.21. The summed E-state index contributed by atoms with van der Waals surface area (Å²) in [6.07, 6.45) is 1.82. The summed E-state index contributed by atoms with van der Waals surface area (Å²) in [6.45, 7) is 9.62. The second kappa shape index (κ2) is 9.18. The van der Waals surface area contributed by atoms with Crippen LogP contribution in [-0.2, 0) is 29.5 Å². The minimum atomic E-state index is -3.33. The van der Waals surface area contributed by atoms with E-state index in [1.165, 1.54) is 16.1 Å². The second-order valence-electron chi connectivity index (χ2n) is 7.92. The highest BCUT2D eigenvalue weighted by atomic mass is 32.2. The summed E-state index contributed by atoms with van der Waals surface area (Å²) in [6, 6.07) is 13.4. The number of amides is 1. The number of hydrogen-bond donors (Lipinski definition) is 1.